The maximum absolute atomic E-state index is 13.8. The van der Waals surface area contributed by atoms with Gasteiger partial charge < -0.3 is 14.6 Å². The Morgan fingerprint density at radius 2 is 1.86 bits per heavy atom. The highest BCUT2D eigenvalue weighted by Gasteiger charge is 2.74. The molecule has 2 aliphatic carbocycles. The van der Waals surface area contributed by atoms with E-state index in [0.29, 0.717) is 19.3 Å². The molecule has 0 radical (unpaired) electrons. The van der Waals surface area contributed by atoms with Gasteiger partial charge in [-0.05, 0) is 67.7 Å². The van der Waals surface area contributed by atoms with Crippen LogP contribution in [0.15, 0.2) is 66.7 Å². The number of benzene rings is 2. The van der Waals surface area contributed by atoms with Gasteiger partial charge in [0.05, 0.1) is 24.3 Å². The van der Waals surface area contributed by atoms with Crippen LogP contribution in [0.3, 0.4) is 0 Å². The minimum Gasteiger partial charge on any atom is -0.497 e. The smallest absolute Gasteiger partial charge is 0.342 e. The predicted octanol–water partition coefficient (Wildman–Crippen LogP) is 4.16. The van der Waals surface area contributed by atoms with Crippen molar-refractivity contribution < 1.29 is 29.0 Å². The molecule has 6 rings (SSSR count). The summed E-state index contributed by atoms with van der Waals surface area (Å²) in [5.74, 6) is -0.524. The summed E-state index contributed by atoms with van der Waals surface area (Å²) in [7, 11) is 1.63. The summed E-state index contributed by atoms with van der Waals surface area (Å²) in [6.45, 7) is 3.70. The van der Waals surface area contributed by atoms with Crippen molar-refractivity contribution in [1.29, 1.82) is 0 Å². The summed E-state index contributed by atoms with van der Waals surface area (Å²) in [6.07, 6.45) is 3.86. The maximum atomic E-state index is 13.8. The zero-order valence-electron chi connectivity index (χ0n) is 20.7. The van der Waals surface area contributed by atoms with Gasteiger partial charge in [0.1, 0.15) is 17.5 Å². The zero-order valence-corrected chi connectivity index (χ0v) is 20.7. The molecule has 2 aromatic carbocycles. The number of fused-ring (bicyclic) bond motifs is 4. The SMILES string of the molecule is COc1cccc([C@@H]2CC3(ON2c2ccccc2)C(=O)O[C@@H]2[C@H]3CC[C@H](C)[C@]3(O)C=CC(=O)[C@@]23C)c1. The maximum Gasteiger partial charge on any atom is 0.342 e. The van der Waals surface area contributed by atoms with Crippen LogP contribution in [0.25, 0.3) is 0 Å². The van der Waals surface area contributed by atoms with E-state index in [4.69, 9.17) is 14.3 Å². The number of ketones is 1. The quantitative estimate of drug-likeness (QED) is 0.648. The van der Waals surface area contributed by atoms with Crippen LogP contribution in [0, 0.1) is 17.3 Å². The van der Waals surface area contributed by atoms with Crippen molar-refractivity contribution in [2.75, 3.05) is 12.2 Å². The molecule has 1 unspecified atom stereocenters. The average molecular weight is 490 g/mol. The standard InChI is InChI=1S/C29H31NO6/c1-18-12-13-22-25(27(2)24(31)14-15-29(18,27)33)35-26(32)28(22)17-23(19-8-7-11-21(16-19)34-3)30(36-28)20-9-5-4-6-10-20/h4-11,14-16,18,22-23,25,33H,12-13,17H2,1-3H3/t18-,22+,23-,25+,27-,28?,29+/m0/s1. The molecule has 36 heavy (non-hydrogen) atoms. The Labute approximate surface area is 210 Å². The number of carbonyl (C=O) groups excluding carboxylic acids is 2. The van der Waals surface area contributed by atoms with E-state index >= 15 is 0 Å². The van der Waals surface area contributed by atoms with E-state index in [0.717, 1.165) is 17.0 Å². The first kappa shape index (κ1) is 23.3. The van der Waals surface area contributed by atoms with Gasteiger partial charge in [0, 0.05) is 12.3 Å². The molecule has 2 saturated heterocycles. The second kappa shape index (κ2) is 7.92. The van der Waals surface area contributed by atoms with Crippen LogP contribution in [-0.2, 0) is 19.2 Å². The highest BCUT2D eigenvalue weighted by atomic mass is 16.7. The summed E-state index contributed by atoms with van der Waals surface area (Å²) in [6, 6.07) is 17.2. The van der Waals surface area contributed by atoms with Gasteiger partial charge in [-0.25, -0.2) is 9.86 Å². The number of anilines is 1. The second-order valence-electron chi connectivity index (χ2n) is 10.8. The summed E-state index contributed by atoms with van der Waals surface area (Å²) in [4.78, 5) is 33.7. The Bertz CT molecular complexity index is 1250. The highest BCUT2D eigenvalue weighted by Crippen LogP contribution is 2.61. The van der Waals surface area contributed by atoms with Gasteiger partial charge in [0.2, 0.25) is 5.60 Å². The Kier molecular flexibility index (Phi) is 5.11. The number of esters is 1. The van der Waals surface area contributed by atoms with E-state index in [-0.39, 0.29) is 17.7 Å². The fourth-order valence-corrected chi connectivity index (χ4v) is 6.93. The third kappa shape index (κ3) is 2.93. The van der Waals surface area contributed by atoms with Crippen molar-refractivity contribution >= 4 is 17.4 Å². The van der Waals surface area contributed by atoms with Gasteiger partial charge >= 0.3 is 5.97 Å². The first-order valence-electron chi connectivity index (χ1n) is 12.6. The summed E-state index contributed by atoms with van der Waals surface area (Å²) in [5.41, 5.74) is -2.14. The van der Waals surface area contributed by atoms with Crippen molar-refractivity contribution in [1.82, 2.24) is 0 Å². The molecule has 2 heterocycles. The van der Waals surface area contributed by atoms with E-state index in [2.05, 4.69) is 0 Å². The van der Waals surface area contributed by atoms with Gasteiger partial charge in [-0.3, -0.25) is 9.63 Å². The van der Waals surface area contributed by atoms with Crippen molar-refractivity contribution in [2.24, 2.45) is 17.3 Å². The third-order valence-electron chi connectivity index (χ3n) is 9.14. The van der Waals surface area contributed by atoms with E-state index in [1.807, 2.05) is 61.5 Å². The van der Waals surface area contributed by atoms with Crippen molar-refractivity contribution in [3.63, 3.8) is 0 Å². The minimum absolute atomic E-state index is 0.174. The van der Waals surface area contributed by atoms with Gasteiger partial charge in [-0.15, -0.1) is 0 Å². The van der Waals surface area contributed by atoms with E-state index in [9.17, 15) is 14.7 Å². The number of nitrogens with zero attached hydrogens (tertiary/aromatic N) is 1. The number of para-hydroxylation sites is 1. The molecular formula is C29H31NO6. The number of hydroxylamine groups is 1. The van der Waals surface area contributed by atoms with E-state index in [1.54, 1.807) is 25.2 Å². The first-order chi connectivity index (χ1) is 17.2. The van der Waals surface area contributed by atoms with Crippen LogP contribution in [0.1, 0.15) is 44.7 Å². The minimum atomic E-state index is -1.38. The average Bonchev–Trinajstić information content (AvgIpc) is 3.49. The molecule has 2 aliphatic heterocycles. The largest absolute Gasteiger partial charge is 0.497 e. The molecule has 7 nitrogen and oxygen atoms in total. The summed E-state index contributed by atoms with van der Waals surface area (Å²) >= 11 is 0. The Balaban J connectivity index is 1.46. The van der Waals surface area contributed by atoms with Gasteiger partial charge in [-0.1, -0.05) is 37.3 Å². The third-order valence-corrected chi connectivity index (χ3v) is 9.14. The van der Waals surface area contributed by atoms with Crippen molar-refractivity contribution in [2.45, 2.75) is 56.5 Å². The number of aliphatic hydroxyl groups is 1. The normalized spacial score (nSPS) is 39.2. The second-order valence-corrected chi connectivity index (χ2v) is 10.8. The van der Waals surface area contributed by atoms with Crippen LogP contribution in [0.4, 0.5) is 5.69 Å². The molecule has 0 aromatic heterocycles. The van der Waals surface area contributed by atoms with Gasteiger partial charge in [0.15, 0.2) is 5.78 Å². The lowest BCUT2D eigenvalue weighted by Crippen LogP contribution is -2.57. The Hall–Kier alpha value is -3.16. The molecule has 7 heteroatoms. The van der Waals surface area contributed by atoms with Crippen molar-refractivity contribution in [3.05, 3.63) is 72.3 Å². The van der Waals surface area contributed by atoms with E-state index < -0.39 is 34.6 Å². The van der Waals surface area contributed by atoms with Crippen LogP contribution in [0.5, 0.6) is 5.75 Å². The summed E-state index contributed by atoms with van der Waals surface area (Å²) < 4.78 is 11.5. The number of ether oxygens (including phenoxy) is 2. The Morgan fingerprint density at radius 3 is 2.61 bits per heavy atom. The molecule has 0 amide bonds. The first-order valence-corrected chi connectivity index (χ1v) is 12.6. The molecule has 1 spiro atoms. The summed E-state index contributed by atoms with van der Waals surface area (Å²) in [5, 5.41) is 13.5. The van der Waals surface area contributed by atoms with Crippen LogP contribution in [-0.4, -0.2) is 41.3 Å². The van der Waals surface area contributed by atoms with Gasteiger partial charge in [0.25, 0.3) is 0 Å². The number of allylic oxidation sites excluding steroid dienone is 1. The zero-order chi connectivity index (χ0) is 25.3. The lowest BCUT2D eigenvalue weighted by molar-refractivity contribution is -0.169. The van der Waals surface area contributed by atoms with Crippen molar-refractivity contribution in [3.8, 4) is 5.75 Å². The number of carbonyl (C=O) groups is 2. The van der Waals surface area contributed by atoms with Crippen LogP contribution in [0.2, 0.25) is 0 Å². The lowest BCUT2D eigenvalue weighted by Gasteiger charge is -2.43. The number of rotatable bonds is 3. The van der Waals surface area contributed by atoms with Gasteiger partial charge in [-0.2, -0.15) is 0 Å². The Morgan fingerprint density at radius 1 is 1.08 bits per heavy atom. The van der Waals surface area contributed by atoms with Crippen LogP contribution >= 0.6 is 0 Å². The molecular weight excluding hydrogens is 458 g/mol. The molecule has 0 bridgehead atoms. The molecule has 4 aliphatic rings. The topological polar surface area (TPSA) is 85.3 Å². The molecule has 1 N–H and O–H groups in total. The molecule has 7 atom stereocenters. The molecule has 2 aromatic rings. The lowest BCUT2D eigenvalue weighted by atomic mass is 9.63. The molecule has 3 fully saturated rings. The monoisotopic (exact) mass is 489 g/mol. The predicted molar refractivity (Wildman–Crippen MR) is 132 cm³/mol. The number of methoxy groups -OCH3 is 1. The fraction of sp³-hybridized carbons (Fsp3) is 0.448. The van der Waals surface area contributed by atoms with E-state index in [1.165, 1.54) is 6.08 Å². The molecule has 1 saturated carbocycles. The van der Waals surface area contributed by atoms with Crippen LogP contribution < -0.4 is 9.80 Å². The highest BCUT2D eigenvalue weighted by molar-refractivity contribution is 6.00. The number of hydrogen-bond donors (Lipinski definition) is 1. The molecule has 188 valence electrons. The fourth-order valence-electron chi connectivity index (χ4n) is 6.93. The number of hydrogen-bond acceptors (Lipinski definition) is 7.